The van der Waals surface area contributed by atoms with Crippen LogP contribution in [0.25, 0.3) is 0 Å². The van der Waals surface area contributed by atoms with E-state index in [4.69, 9.17) is 11.0 Å². The average Bonchev–Trinajstić information content (AvgIpc) is 2.39. The topological polar surface area (TPSA) is 70.1 Å². The third-order valence-corrected chi connectivity index (χ3v) is 3.48. The number of carbonyl (C=O) groups excluding carboxylic acids is 1. The van der Waals surface area contributed by atoms with Gasteiger partial charge in [-0.15, -0.1) is 0 Å². The fourth-order valence-corrected chi connectivity index (χ4v) is 2.27. The lowest BCUT2D eigenvalue weighted by Crippen LogP contribution is -2.39. The third kappa shape index (κ3) is 4.34. The largest absolute Gasteiger partial charge is 0.368 e. The van der Waals surface area contributed by atoms with E-state index in [0.29, 0.717) is 13.1 Å². The Balaban J connectivity index is 3.01. The summed E-state index contributed by atoms with van der Waals surface area (Å²) in [7, 11) is 0. The van der Waals surface area contributed by atoms with E-state index in [9.17, 15) is 4.79 Å². The number of primary amides is 1. The van der Waals surface area contributed by atoms with Crippen LogP contribution in [-0.2, 0) is 4.79 Å². The van der Waals surface area contributed by atoms with Crippen LogP contribution in [-0.4, -0.2) is 23.9 Å². The monoisotopic (exact) mass is 323 g/mol. The van der Waals surface area contributed by atoms with Crippen molar-refractivity contribution in [3.8, 4) is 6.07 Å². The molecule has 4 nitrogen and oxygen atoms in total. The molecular formula is C14H18BrN3O. The Kier molecular flexibility index (Phi) is 6.00. The summed E-state index contributed by atoms with van der Waals surface area (Å²) in [6.45, 7) is 4.98. The van der Waals surface area contributed by atoms with Gasteiger partial charge in [0.1, 0.15) is 6.04 Å². The molecule has 0 heterocycles. The molecule has 5 heteroatoms. The molecule has 1 amide bonds. The number of benzene rings is 1. The van der Waals surface area contributed by atoms with Gasteiger partial charge in [-0.05, 0) is 31.2 Å². The Morgan fingerprint density at radius 1 is 1.47 bits per heavy atom. The Morgan fingerprint density at radius 3 is 2.47 bits per heavy atom. The lowest BCUT2D eigenvalue weighted by atomic mass is 10.0. The SMILES string of the molecule is CCN(C[C@H](C)C#N)[C@H](C(N)=O)c1ccc(Br)cc1. The average molecular weight is 324 g/mol. The zero-order valence-corrected chi connectivity index (χ0v) is 12.7. The first-order valence-electron chi connectivity index (χ1n) is 6.18. The second-order valence-corrected chi connectivity index (χ2v) is 5.39. The molecule has 1 aromatic rings. The van der Waals surface area contributed by atoms with Gasteiger partial charge >= 0.3 is 0 Å². The molecule has 0 fully saturated rings. The van der Waals surface area contributed by atoms with Crippen molar-refractivity contribution in [2.45, 2.75) is 19.9 Å². The molecule has 0 bridgehead atoms. The van der Waals surface area contributed by atoms with Gasteiger partial charge in [0, 0.05) is 11.0 Å². The molecule has 0 aliphatic carbocycles. The molecule has 0 aromatic heterocycles. The van der Waals surface area contributed by atoms with E-state index >= 15 is 0 Å². The molecule has 2 atom stereocenters. The van der Waals surface area contributed by atoms with E-state index in [2.05, 4.69) is 22.0 Å². The van der Waals surface area contributed by atoms with E-state index in [1.165, 1.54) is 0 Å². The highest BCUT2D eigenvalue weighted by atomic mass is 79.9. The molecule has 0 radical (unpaired) electrons. The number of nitrogens with two attached hydrogens (primary N) is 1. The fourth-order valence-electron chi connectivity index (χ4n) is 2.01. The van der Waals surface area contributed by atoms with Crippen molar-refractivity contribution in [1.82, 2.24) is 4.90 Å². The number of nitriles is 1. The normalized spacial score (nSPS) is 13.8. The Morgan fingerprint density at radius 2 is 2.05 bits per heavy atom. The summed E-state index contributed by atoms with van der Waals surface area (Å²) in [5, 5.41) is 8.91. The molecule has 0 aliphatic heterocycles. The Bertz CT molecular complexity index is 467. The van der Waals surface area contributed by atoms with Crippen molar-refractivity contribution in [1.29, 1.82) is 5.26 Å². The van der Waals surface area contributed by atoms with Crippen LogP contribution in [0.5, 0.6) is 0 Å². The lowest BCUT2D eigenvalue weighted by molar-refractivity contribution is -0.123. The first-order chi connectivity index (χ1) is 8.99. The van der Waals surface area contributed by atoms with Gasteiger partial charge in [0.25, 0.3) is 0 Å². The maximum absolute atomic E-state index is 11.7. The molecular weight excluding hydrogens is 306 g/mol. The number of hydrogen-bond acceptors (Lipinski definition) is 3. The predicted molar refractivity (Wildman–Crippen MR) is 78.1 cm³/mol. The van der Waals surface area contributed by atoms with Gasteiger partial charge in [0.15, 0.2) is 0 Å². The predicted octanol–water partition coefficient (Wildman–Crippen LogP) is 2.46. The molecule has 0 saturated heterocycles. The van der Waals surface area contributed by atoms with Crippen molar-refractivity contribution < 1.29 is 4.79 Å². The maximum atomic E-state index is 11.7. The van der Waals surface area contributed by atoms with Crippen molar-refractivity contribution in [3.05, 3.63) is 34.3 Å². The van der Waals surface area contributed by atoms with Gasteiger partial charge in [-0.25, -0.2) is 0 Å². The third-order valence-electron chi connectivity index (χ3n) is 2.96. The minimum Gasteiger partial charge on any atom is -0.368 e. The minimum absolute atomic E-state index is 0.141. The zero-order valence-electron chi connectivity index (χ0n) is 11.1. The van der Waals surface area contributed by atoms with Crippen LogP contribution in [0.15, 0.2) is 28.7 Å². The number of carbonyl (C=O) groups is 1. The van der Waals surface area contributed by atoms with Crippen molar-refractivity contribution in [3.63, 3.8) is 0 Å². The first kappa shape index (κ1) is 15.7. The van der Waals surface area contributed by atoms with E-state index in [1.54, 1.807) is 0 Å². The zero-order chi connectivity index (χ0) is 14.4. The van der Waals surface area contributed by atoms with Crippen LogP contribution >= 0.6 is 15.9 Å². The molecule has 0 unspecified atom stereocenters. The summed E-state index contributed by atoms with van der Waals surface area (Å²) in [4.78, 5) is 13.7. The van der Waals surface area contributed by atoms with Gasteiger partial charge in [-0.2, -0.15) is 5.26 Å². The van der Waals surface area contributed by atoms with Crippen molar-refractivity contribution >= 4 is 21.8 Å². The van der Waals surface area contributed by atoms with Crippen LogP contribution in [0.3, 0.4) is 0 Å². The highest BCUT2D eigenvalue weighted by Gasteiger charge is 2.25. The van der Waals surface area contributed by atoms with E-state index in [0.717, 1.165) is 10.0 Å². The highest BCUT2D eigenvalue weighted by molar-refractivity contribution is 9.10. The van der Waals surface area contributed by atoms with Gasteiger partial charge in [-0.1, -0.05) is 35.0 Å². The molecule has 0 aliphatic rings. The second kappa shape index (κ2) is 7.27. The summed E-state index contributed by atoms with van der Waals surface area (Å²) in [5.41, 5.74) is 6.37. The fraction of sp³-hybridized carbons (Fsp3) is 0.429. The van der Waals surface area contributed by atoms with Crippen molar-refractivity contribution in [2.24, 2.45) is 11.7 Å². The smallest absolute Gasteiger partial charge is 0.239 e. The molecule has 1 aromatic carbocycles. The van der Waals surface area contributed by atoms with Crippen LogP contribution in [0.2, 0.25) is 0 Å². The summed E-state index contributed by atoms with van der Waals surface area (Å²) in [6.07, 6.45) is 0. The summed E-state index contributed by atoms with van der Waals surface area (Å²) >= 11 is 3.36. The molecule has 102 valence electrons. The van der Waals surface area contributed by atoms with Crippen LogP contribution < -0.4 is 5.73 Å². The molecule has 2 N–H and O–H groups in total. The van der Waals surface area contributed by atoms with Gasteiger partial charge < -0.3 is 5.73 Å². The maximum Gasteiger partial charge on any atom is 0.239 e. The number of amides is 1. The first-order valence-corrected chi connectivity index (χ1v) is 6.97. The Hall–Kier alpha value is -1.38. The summed E-state index contributed by atoms with van der Waals surface area (Å²) < 4.78 is 0.952. The van der Waals surface area contributed by atoms with Crippen LogP contribution in [0, 0.1) is 17.2 Å². The Labute approximate surface area is 122 Å². The number of nitrogens with zero attached hydrogens (tertiary/aromatic N) is 2. The lowest BCUT2D eigenvalue weighted by Gasteiger charge is -2.29. The van der Waals surface area contributed by atoms with E-state index < -0.39 is 11.9 Å². The molecule has 0 spiro atoms. The van der Waals surface area contributed by atoms with Crippen LogP contribution in [0.1, 0.15) is 25.5 Å². The minimum atomic E-state index is -0.492. The number of halogens is 1. The summed E-state index contributed by atoms with van der Waals surface area (Å²) in [6, 6.07) is 9.20. The molecule has 0 saturated carbocycles. The molecule has 1 rings (SSSR count). The van der Waals surface area contributed by atoms with Gasteiger partial charge in [-0.3, -0.25) is 9.69 Å². The number of rotatable bonds is 6. The summed E-state index contributed by atoms with van der Waals surface area (Å²) in [5.74, 6) is -0.536. The van der Waals surface area contributed by atoms with E-state index in [1.807, 2.05) is 43.0 Å². The standard InChI is InChI=1S/C14H18BrN3O/c1-3-18(9-10(2)8-16)13(14(17)19)11-4-6-12(15)7-5-11/h4-7,10,13H,3,9H2,1-2H3,(H2,17,19)/t10-,13+/m1/s1. The van der Waals surface area contributed by atoms with E-state index in [-0.39, 0.29) is 5.92 Å². The van der Waals surface area contributed by atoms with Crippen molar-refractivity contribution in [2.75, 3.05) is 13.1 Å². The number of hydrogen-bond donors (Lipinski definition) is 1. The quantitative estimate of drug-likeness (QED) is 0.874. The highest BCUT2D eigenvalue weighted by Crippen LogP contribution is 2.23. The molecule has 19 heavy (non-hydrogen) atoms. The van der Waals surface area contributed by atoms with Gasteiger partial charge in [0.2, 0.25) is 5.91 Å². The number of likely N-dealkylation sites (N-methyl/N-ethyl adjacent to an activating group) is 1. The van der Waals surface area contributed by atoms with Gasteiger partial charge in [0.05, 0.1) is 12.0 Å². The second-order valence-electron chi connectivity index (χ2n) is 4.47. The van der Waals surface area contributed by atoms with Crippen LogP contribution in [0.4, 0.5) is 0 Å².